The molecule has 0 amide bonds. The lowest BCUT2D eigenvalue weighted by Gasteiger charge is -2.16. The molecular weight excluding hydrogens is 184 g/mol. The molecule has 1 aliphatic rings. The van der Waals surface area contributed by atoms with Crippen molar-refractivity contribution in [2.45, 2.75) is 12.8 Å². The van der Waals surface area contributed by atoms with E-state index in [0.29, 0.717) is 10.6 Å². The van der Waals surface area contributed by atoms with Crippen molar-refractivity contribution in [2.24, 2.45) is 0 Å². The Bertz CT molecular complexity index is 393. The fraction of sp³-hybridized carbons (Fsp3) is 0.182. The molecule has 0 unspecified atom stereocenters. The van der Waals surface area contributed by atoms with Crippen molar-refractivity contribution >= 4 is 17.4 Å². The van der Waals surface area contributed by atoms with Crippen molar-refractivity contribution < 1.29 is 4.79 Å². The van der Waals surface area contributed by atoms with Gasteiger partial charge in [0.05, 0.1) is 0 Å². The van der Waals surface area contributed by atoms with Crippen molar-refractivity contribution in [1.82, 2.24) is 0 Å². The van der Waals surface area contributed by atoms with E-state index in [9.17, 15) is 4.79 Å². The number of benzene rings is 1. The molecule has 0 N–H and O–H groups in total. The fourth-order valence-electron chi connectivity index (χ4n) is 1.57. The molecule has 1 aromatic carbocycles. The quantitative estimate of drug-likeness (QED) is 0.578. The number of carbonyl (C=O) groups is 1. The molecule has 0 fully saturated rings. The van der Waals surface area contributed by atoms with Crippen LogP contribution in [0.5, 0.6) is 0 Å². The number of fused-ring (bicyclic) bond motifs is 1. The minimum atomic E-state index is 0.0451. The summed E-state index contributed by atoms with van der Waals surface area (Å²) in [6, 6.07) is 5.47. The van der Waals surface area contributed by atoms with Gasteiger partial charge in [0.1, 0.15) is 0 Å². The highest BCUT2D eigenvalue weighted by Crippen LogP contribution is 2.26. The lowest BCUT2D eigenvalue weighted by molar-refractivity contribution is 0.102. The summed E-state index contributed by atoms with van der Waals surface area (Å²) in [6.45, 7) is 3.73. The molecule has 13 heavy (non-hydrogen) atoms. The van der Waals surface area contributed by atoms with E-state index in [1.54, 1.807) is 6.07 Å². The second-order valence-electron chi connectivity index (χ2n) is 3.23. The van der Waals surface area contributed by atoms with Crippen molar-refractivity contribution in [3.8, 4) is 0 Å². The third-order valence-electron chi connectivity index (χ3n) is 2.33. The van der Waals surface area contributed by atoms with Crippen LogP contribution in [0.3, 0.4) is 0 Å². The van der Waals surface area contributed by atoms with Crippen LogP contribution in [-0.2, 0) is 6.42 Å². The Kier molecular flexibility index (Phi) is 1.97. The number of halogens is 1. The summed E-state index contributed by atoms with van der Waals surface area (Å²) in [4.78, 5) is 11.6. The van der Waals surface area contributed by atoms with Gasteiger partial charge >= 0.3 is 0 Å². The predicted molar refractivity (Wildman–Crippen MR) is 53.2 cm³/mol. The van der Waals surface area contributed by atoms with E-state index in [1.165, 1.54) is 0 Å². The highest BCUT2D eigenvalue weighted by atomic mass is 35.5. The first kappa shape index (κ1) is 8.52. The summed E-state index contributed by atoms with van der Waals surface area (Å²) in [7, 11) is 0. The second kappa shape index (κ2) is 3.00. The van der Waals surface area contributed by atoms with Gasteiger partial charge in [-0.2, -0.15) is 0 Å². The zero-order valence-electron chi connectivity index (χ0n) is 7.14. The molecule has 0 saturated heterocycles. The van der Waals surface area contributed by atoms with Gasteiger partial charge in [-0.05, 0) is 36.1 Å². The molecule has 0 spiro atoms. The summed E-state index contributed by atoms with van der Waals surface area (Å²) < 4.78 is 0. The Morgan fingerprint density at radius 1 is 1.31 bits per heavy atom. The number of hydrogen-bond acceptors (Lipinski definition) is 1. The maximum absolute atomic E-state index is 11.6. The Hall–Kier alpha value is -1.08. The van der Waals surface area contributed by atoms with E-state index in [0.717, 1.165) is 24.0 Å². The first-order valence-electron chi connectivity index (χ1n) is 4.19. The molecule has 66 valence electrons. The van der Waals surface area contributed by atoms with Crippen molar-refractivity contribution in [1.29, 1.82) is 0 Å². The van der Waals surface area contributed by atoms with Crippen LogP contribution in [-0.4, -0.2) is 5.78 Å². The molecule has 0 aliphatic heterocycles. The molecule has 1 aliphatic carbocycles. The molecule has 0 bridgehead atoms. The van der Waals surface area contributed by atoms with Crippen LogP contribution in [0.25, 0.3) is 0 Å². The molecule has 1 aromatic rings. The molecule has 0 radical (unpaired) electrons. The van der Waals surface area contributed by atoms with E-state index in [1.807, 2.05) is 12.1 Å². The van der Waals surface area contributed by atoms with Gasteiger partial charge in [-0.3, -0.25) is 4.79 Å². The van der Waals surface area contributed by atoms with Crippen LogP contribution in [0.2, 0.25) is 5.02 Å². The number of aryl methyl sites for hydroxylation is 1. The molecule has 2 heteroatoms. The van der Waals surface area contributed by atoms with E-state index >= 15 is 0 Å². The lowest BCUT2D eigenvalue weighted by atomic mass is 9.88. The minimum absolute atomic E-state index is 0.0451. The molecule has 0 aromatic heterocycles. The maximum atomic E-state index is 11.6. The Labute approximate surface area is 82.0 Å². The average molecular weight is 193 g/mol. The van der Waals surface area contributed by atoms with E-state index in [2.05, 4.69) is 6.58 Å². The number of Topliss-reactive ketones (excluding diaryl/α,β-unsaturated/α-hetero) is 1. The standard InChI is InChI=1S/C11H9ClO/c1-7-2-3-8-4-5-9(12)6-10(8)11(7)13/h4-6H,1-3H2. The normalized spacial score (nSPS) is 15.8. The Morgan fingerprint density at radius 2 is 2.08 bits per heavy atom. The van der Waals surface area contributed by atoms with Gasteiger partial charge in [0.2, 0.25) is 0 Å². The third-order valence-corrected chi connectivity index (χ3v) is 2.57. The smallest absolute Gasteiger partial charge is 0.188 e. The summed E-state index contributed by atoms with van der Waals surface area (Å²) in [6.07, 6.45) is 1.67. The monoisotopic (exact) mass is 192 g/mol. The first-order chi connectivity index (χ1) is 6.18. The molecular formula is C11H9ClO. The largest absolute Gasteiger partial charge is 0.289 e. The van der Waals surface area contributed by atoms with Gasteiger partial charge in [0.15, 0.2) is 5.78 Å². The van der Waals surface area contributed by atoms with Crippen LogP contribution in [0.1, 0.15) is 22.3 Å². The highest BCUT2D eigenvalue weighted by Gasteiger charge is 2.19. The summed E-state index contributed by atoms with van der Waals surface area (Å²) in [5.74, 6) is 0.0451. The van der Waals surface area contributed by atoms with Gasteiger partial charge in [-0.25, -0.2) is 0 Å². The SMILES string of the molecule is C=C1CCc2ccc(Cl)cc2C1=O. The maximum Gasteiger partial charge on any atom is 0.188 e. The number of ketones is 1. The van der Waals surface area contributed by atoms with Crippen LogP contribution in [0.15, 0.2) is 30.4 Å². The third kappa shape index (κ3) is 1.40. The van der Waals surface area contributed by atoms with Gasteiger partial charge in [0.25, 0.3) is 0 Å². The Morgan fingerprint density at radius 3 is 2.85 bits per heavy atom. The number of carbonyl (C=O) groups excluding carboxylic acids is 1. The predicted octanol–water partition coefficient (Wildman–Crippen LogP) is 3.03. The number of hydrogen-bond donors (Lipinski definition) is 0. The van der Waals surface area contributed by atoms with Crippen LogP contribution < -0.4 is 0 Å². The summed E-state index contributed by atoms with van der Waals surface area (Å²) in [5.41, 5.74) is 2.50. The van der Waals surface area contributed by atoms with E-state index in [4.69, 9.17) is 11.6 Å². The number of allylic oxidation sites excluding steroid dienone is 1. The van der Waals surface area contributed by atoms with Crippen LogP contribution >= 0.6 is 11.6 Å². The summed E-state index contributed by atoms with van der Waals surface area (Å²) >= 11 is 5.81. The van der Waals surface area contributed by atoms with Gasteiger partial charge in [-0.15, -0.1) is 0 Å². The molecule has 0 atom stereocenters. The fourth-order valence-corrected chi connectivity index (χ4v) is 1.74. The first-order valence-corrected chi connectivity index (χ1v) is 4.57. The summed E-state index contributed by atoms with van der Waals surface area (Å²) in [5, 5.41) is 0.613. The van der Waals surface area contributed by atoms with Crippen molar-refractivity contribution in [3.05, 3.63) is 46.5 Å². The van der Waals surface area contributed by atoms with Gasteiger partial charge < -0.3 is 0 Å². The van der Waals surface area contributed by atoms with Gasteiger partial charge in [-0.1, -0.05) is 24.2 Å². The van der Waals surface area contributed by atoms with Gasteiger partial charge in [0, 0.05) is 10.6 Å². The van der Waals surface area contributed by atoms with Crippen molar-refractivity contribution in [3.63, 3.8) is 0 Å². The topological polar surface area (TPSA) is 17.1 Å². The zero-order chi connectivity index (χ0) is 9.42. The second-order valence-corrected chi connectivity index (χ2v) is 3.67. The highest BCUT2D eigenvalue weighted by molar-refractivity contribution is 6.31. The Balaban J connectivity index is 2.58. The zero-order valence-corrected chi connectivity index (χ0v) is 7.90. The average Bonchev–Trinajstić information content (AvgIpc) is 2.12. The van der Waals surface area contributed by atoms with E-state index in [-0.39, 0.29) is 5.78 Å². The van der Waals surface area contributed by atoms with E-state index < -0.39 is 0 Å². The minimum Gasteiger partial charge on any atom is -0.289 e. The lowest BCUT2D eigenvalue weighted by Crippen LogP contribution is -2.12. The van der Waals surface area contributed by atoms with Crippen LogP contribution in [0, 0.1) is 0 Å². The molecule has 1 nitrogen and oxygen atoms in total. The van der Waals surface area contributed by atoms with Crippen molar-refractivity contribution in [2.75, 3.05) is 0 Å². The molecule has 2 rings (SSSR count). The number of rotatable bonds is 0. The molecule has 0 heterocycles. The van der Waals surface area contributed by atoms with Crippen LogP contribution in [0.4, 0.5) is 0 Å². The molecule has 0 saturated carbocycles.